The lowest BCUT2D eigenvalue weighted by Crippen LogP contribution is -2.53. The molecule has 0 aromatic carbocycles. The lowest BCUT2D eigenvalue weighted by molar-refractivity contribution is -0.159. The Hall–Kier alpha value is -0.120. The Labute approximate surface area is 110 Å². The Kier molecular flexibility index (Phi) is 3.41. The van der Waals surface area contributed by atoms with Crippen molar-refractivity contribution in [3.05, 3.63) is 0 Å². The van der Waals surface area contributed by atoms with Crippen molar-refractivity contribution in [1.82, 2.24) is 0 Å². The zero-order valence-electron chi connectivity index (χ0n) is 11.4. The van der Waals surface area contributed by atoms with Crippen LogP contribution in [0.1, 0.15) is 57.8 Å². The van der Waals surface area contributed by atoms with E-state index in [0.29, 0.717) is 18.4 Å². The minimum atomic E-state index is -0.603. The van der Waals surface area contributed by atoms with Gasteiger partial charge in [0, 0.05) is 13.2 Å². The fraction of sp³-hybridized carbons (Fsp3) is 1.00. The Balaban J connectivity index is 1.72. The summed E-state index contributed by atoms with van der Waals surface area (Å²) in [6, 6.07) is 0. The molecule has 0 aromatic rings. The molecule has 2 atom stereocenters. The largest absolute Gasteiger partial charge is 0.388 e. The van der Waals surface area contributed by atoms with Gasteiger partial charge in [-0.3, -0.25) is 0 Å². The number of nitrogens with two attached hydrogens (primary N) is 1. The van der Waals surface area contributed by atoms with Crippen molar-refractivity contribution in [1.29, 1.82) is 0 Å². The highest BCUT2D eigenvalue weighted by atomic mass is 16.5. The Bertz CT molecular complexity index is 291. The lowest BCUT2D eigenvalue weighted by Gasteiger charge is -2.48. The van der Waals surface area contributed by atoms with Crippen LogP contribution in [0.5, 0.6) is 0 Å². The Morgan fingerprint density at radius 2 is 1.83 bits per heavy atom. The van der Waals surface area contributed by atoms with Crippen LogP contribution in [0.3, 0.4) is 0 Å². The van der Waals surface area contributed by atoms with Crippen LogP contribution < -0.4 is 5.73 Å². The summed E-state index contributed by atoms with van der Waals surface area (Å²) in [5.74, 6) is 0.827. The Morgan fingerprint density at radius 1 is 1.11 bits per heavy atom. The summed E-state index contributed by atoms with van der Waals surface area (Å²) < 4.78 is 6.12. The monoisotopic (exact) mass is 253 g/mol. The highest BCUT2D eigenvalue weighted by Gasteiger charge is 2.52. The van der Waals surface area contributed by atoms with E-state index in [1.54, 1.807) is 0 Å². The maximum absolute atomic E-state index is 10.9. The molecule has 0 bridgehead atoms. The first kappa shape index (κ1) is 12.9. The molecule has 0 aromatic heterocycles. The van der Waals surface area contributed by atoms with Gasteiger partial charge in [0.05, 0.1) is 11.2 Å². The van der Waals surface area contributed by atoms with E-state index in [-0.39, 0.29) is 5.60 Å². The van der Waals surface area contributed by atoms with Gasteiger partial charge in [-0.2, -0.15) is 0 Å². The predicted octanol–water partition coefficient (Wildman–Crippen LogP) is 2.22. The van der Waals surface area contributed by atoms with Gasteiger partial charge in [-0.1, -0.05) is 19.3 Å². The first-order valence-electron chi connectivity index (χ1n) is 7.75. The lowest BCUT2D eigenvalue weighted by atomic mass is 9.69. The first-order valence-corrected chi connectivity index (χ1v) is 7.75. The molecule has 1 heterocycles. The molecule has 3 nitrogen and oxygen atoms in total. The molecule has 3 fully saturated rings. The zero-order chi connectivity index (χ0) is 12.6. The Morgan fingerprint density at radius 3 is 2.44 bits per heavy atom. The fourth-order valence-electron chi connectivity index (χ4n) is 4.25. The second kappa shape index (κ2) is 4.77. The van der Waals surface area contributed by atoms with Crippen molar-refractivity contribution in [2.75, 3.05) is 13.2 Å². The van der Waals surface area contributed by atoms with E-state index >= 15 is 0 Å². The van der Waals surface area contributed by atoms with E-state index in [1.807, 2.05) is 0 Å². The van der Waals surface area contributed by atoms with Crippen LogP contribution >= 0.6 is 0 Å². The molecule has 3 heteroatoms. The van der Waals surface area contributed by atoms with Crippen molar-refractivity contribution < 1.29 is 9.84 Å². The third-order valence-electron chi connectivity index (χ3n) is 5.58. The third-order valence-corrected chi connectivity index (χ3v) is 5.58. The van der Waals surface area contributed by atoms with E-state index in [4.69, 9.17) is 10.5 Å². The van der Waals surface area contributed by atoms with Gasteiger partial charge in [0.15, 0.2) is 0 Å². The highest BCUT2D eigenvalue weighted by Crippen LogP contribution is 2.50. The number of ether oxygens (including phenoxy) is 1. The molecular formula is C15H27NO2. The molecule has 2 aliphatic carbocycles. The summed E-state index contributed by atoms with van der Waals surface area (Å²) in [5.41, 5.74) is 5.39. The molecule has 18 heavy (non-hydrogen) atoms. The fourth-order valence-corrected chi connectivity index (χ4v) is 4.25. The van der Waals surface area contributed by atoms with Crippen LogP contribution in [-0.2, 0) is 4.74 Å². The van der Waals surface area contributed by atoms with Gasteiger partial charge in [-0.15, -0.1) is 0 Å². The molecule has 2 saturated carbocycles. The SMILES string of the molecule is NCC(O)(C1CC1)C1CCOC2(CCCCC2)C1. The first-order chi connectivity index (χ1) is 8.69. The summed E-state index contributed by atoms with van der Waals surface area (Å²) in [6.45, 7) is 1.25. The van der Waals surface area contributed by atoms with Gasteiger partial charge in [0.1, 0.15) is 0 Å². The van der Waals surface area contributed by atoms with Gasteiger partial charge in [-0.05, 0) is 50.4 Å². The van der Waals surface area contributed by atoms with E-state index in [2.05, 4.69) is 0 Å². The zero-order valence-corrected chi connectivity index (χ0v) is 11.4. The summed E-state index contributed by atoms with van der Waals surface area (Å²) in [4.78, 5) is 0. The second-order valence-corrected chi connectivity index (χ2v) is 6.75. The van der Waals surface area contributed by atoms with Crippen molar-refractivity contribution in [3.8, 4) is 0 Å². The predicted molar refractivity (Wildman–Crippen MR) is 71.2 cm³/mol. The average Bonchev–Trinajstić information content (AvgIpc) is 3.23. The van der Waals surface area contributed by atoms with Gasteiger partial charge >= 0.3 is 0 Å². The molecule has 1 saturated heterocycles. The molecule has 1 spiro atoms. The summed E-state index contributed by atoms with van der Waals surface area (Å²) in [6.07, 6.45) is 10.7. The van der Waals surface area contributed by atoms with Gasteiger partial charge in [0.2, 0.25) is 0 Å². The maximum atomic E-state index is 10.9. The number of rotatable bonds is 3. The van der Waals surface area contributed by atoms with Crippen LogP contribution in [0.25, 0.3) is 0 Å². The van der Waals surface area contributed by atoms with Crippen LogP contribution in [-0.4, -0.2) is 29.5 Å². The molecule has 0 amide bonds. The van der Waals surface area contributed by atoms with Crippen LogP contribution in [0.15, 0.2) is 0 Å². The molecule has 2 unspecified atom stereocenters. The van der Waals surface area contributed by atoms with Gasteiger partial charge in [0.25, 0.3) is 0 Å². The van der Waals surface area contributed by atoms with Crippen molar-refractivity contribution in [2.45, 2.75) is 69.0 Å². The van der Waals surface area contributed by atoms with E-state index < -0.39 is 5.60 Å². The topological polar surface area (TPSA) is 55.5 Å². The van der Waals surface area contributed by atoms with Crippen LogP contribution in [0.4, 0.5) is 0 Å². The van der Waals surface area contributed by atoms with Crippen molar-refractivity contribution in [3.63, 3.8) is 0 Å². The van der Waals surface area contributed by atoms with Gasteiger partial charge < -0.3 is 15.6 Å². The molecular weight excluding hydrogens is 226 g/mol. The molecule has 104 valence electrons. The van der Waals surface area contributed by atoms with Crippen LogP contribution in [0, 0.1) is 11.8 Å². The maximum Gasteiger partial charge on any atom is 0.0827 e. The minimum Gasteiger partial charge on any atom is -0.388 e. The van der Waals surface area contributed by atoms with Crippen molar-refractivity contribution in [2.24, 2.45) is 17.6 Å². The number of aliphatic hydroxyl groups is 1. The number of hydrogen-bond acceptors (Lipinski definition) is 3. The summed E-state index contributed by atoms with van der Waals surface area (Å²) >= 11 is 0. The molecule has 0 radical (unpaired) electrons. The van der Waals surface area contributed by atoms with E-state index in [9.17, 15) is 5.11 Å². The minimum absolute atomic E-state index is 0.0825. The smallest absolute Gasteiger partial charge is 0.0827 e. The quantitative estimate of drug-likeness (QED) is 0.811. The highest BCUT2D eigenvalue weighted by molar-refractivity contribution is 5.03. The molecule has 3 N–H and O–H groups in total. The standard InChI is InChI=1S/C15H27NO2/c16-11-15(17,12-4-5-12)13-6-9-18-14(10-13)7-2-1-3-8-14/h12-13,17H,1-11,16H2. The second-order valence-electron chi connectivity index (χ2n) is 6.75. The molecule has 3 rings (SSSR count). The average molecular weight is 253 g/mol. The van der Waals surface area contributed by atoms with E-state index in [1.165, 1.54) is 32.1 Å². The van der Waals surface area contributed by atoms with Gasteiger partial charge in [-0.25, -0.2) is 0 Å². The van der Waals surface area contributed by atoms with Crippen LogP contribution in [0.2, 0.25) is 0 Å². The van der Waals surface area contributed by atoms with E-state index in [0.717, 1.165) is 32.3 Å². The molecule has 3 aliphatic rings. The van der Waals surface area contributed by atoms with Crippen molar-refractivity contribution >= 4 is 0 Å². The summed E-state index contributed by atoms with van der Waals surface area (Å²) in [7, 11) is 0. The third kappa shape index (κ3) is 2.21. The number of hydrogen-bond donors (Lipinski definition) is 2. The molecule has 1 aliphatic heterocycles. The normalized spacial score (nSPS) is 35.3. The summed E-state index contributed by atoms with van der Waals surface area (Å²) in [5, 5.41) is 10.9.